The lowest BCUT2D eigenvalue weighted by Crippen LogP contribution is -2.37. The molecular formula is C12H21ClN2S. The summed E-state index contributed by atoms with van der Waals surface area (Å²) in [4.78, 5) is 1.29. The van der Waals surface area contributed by atoms with Crippen molar-refractivity contribution in [3.8, 4) is 0 Å². The fourth-order valence-corrected chi connectivity index (χ4v) is 2.42. The summed E-state index contributed by atoms with van der Waals surface area (Å²) in [7, 11) is 0. The van der Waals surface area contributed by atoms with Crippen LogP contribution in [-0.4, -0.2) is 19.1 Å². The van der Waals surface area contributed by atoms with Crippen LogP contribution >= 0.6 is 22.9 Å². The van der Waals surface area contributed by atoms with E-state index in [2.05, 4.69) is 37.5 Å². The molecule has 1 unspecified atom stereocenters. The van der Waals surface area contributed by atoms with Crippen LogP contribution in [0.25, 0.3) is 0 Å². The highest BCUT2D eigenvalue weighted by Crippen LogP contribution is 2.20. The van der Waals surface area contributed by atoms with Gasteiger partial charge >= 0.3 is 0 Å². The van der Waals surface area contributed by atoms with Crippen molar-refractivity contribution in [2.45, 2.75) is 33.4 Å². The van der Waals surface area contributed by atoms with Crippen LogP contribution in [0.4, 0.5) is 0 Å². The molecule has 1 rings (SSSR count). The molecule has 0 spiro atoms. The van der Waals surface area contributed by atoms with Crippen molar-refractivity contribution in [1.82, 2.24) is 10.6 Å². The van der Waals surface area contributed by atoms with E-state index in [-0.39, 0.29) is 0 Å². The van der Waals surface area contributed by atoms with Crippen LogP contribution in [0.3, 0.4) is 0 Å². The summed E-state index contributed by atoms with van der Waals surface area (Å²) < 4.78 is 0.863. The third-order valence-electron chi connectivity index (χ3n) is 2.26. The van der Waals surface area contributed by atoms with Crippen molar-refractivity contribution in [1.29, 1.82) is 0 Å². The Labute approximate surface area is 107 Å². The minimum Gasteiger partial charge on any atom is -0.315 e. The Balaban J connectivity index is 2.12. The summed E-state index contributed by atoms with van der Waals surface area (Å²) in [5.74, 6) is 0.711. The van der Waals surface area contributed by atoms with Crippen LogP contribution in [-0.2, 0) is 6.54 Å². The number of hydrogen-bond acceptors (Lipinski definition) is 3. The zero-order valence-electron chi connectivity index (χ0n) is 10.2. The minimum atomic E-state index is 0.486. The van der Waals surface area contributed by atoms with Crippen LogP contribution in [0.5, 0.6) is 0 Å². The Hall–Kier alpha value is -0.0900. The molecule has 0 aliphatic carbocycles. The lowest BCUT2D eigenvalue weighted by Gasteiger charge is -2.15. The zero-order valence-corrected chi connectivity index (χ0v) is 11.8. The summed E-state index contributed by atoms with van der Waals surface area (Å²) >= 11 is 7.51. The topological polar surface area (TPSA) is 24.1 Å². The minimum absolute atomic E-state index is 0.486. The predicted molar refractivity (Wildman–Crippen MR) is 73.3 cm³/mol. The average molecular weight is 261 g/mol. The molecule has 4 heteroatoms. The molecule has 16 heavy (non-hydrogen) atoms. The molecule has 0 bridgehead atoms. The van der Waals surface area contributed by atoms with Gasteiger partial charge in [0.1, 0.15) is 0 Å². The van der Waals surface area contributed by atoms with E-state index in [1.807, 2.05) is 6.07 Å². The van der Waals surface area contributed by atoms with E-state index in [4.69, 9.17) is 11.6 Å². The molecule has 2 N–H and O–H groups in total. The number of rotatable bonds is 7. The van der Waals surface area contributed by atoms with Crippen molar-refractivity contribution in [2.24, 2.45) is 5.92 Å². The van der Waals surface area contributed by atoms with E-state index >= 15 is 0 Å². The summed E-state index contributed by atoms with van der Waals surface area (Å²) in [5.41, 5.74) is 0. The maximum absolute atomic E-state index is 5.87. The van der Waals surface area contributed by atoms with E-state index in [0.717, 1.165) is 24.0 Å². The van der Waals surface area contributed by atoms with Crippen LogP contribution < -0.4 is 10.6 Å². The first-order valence-corrected chi connectivity index (χ1v) is 6.95. The predicted octanol–water partition coefficient (Wildman–Crippen LogP) is 3.13. The Bertz CT molecular complexity index is 299. The number of thiophene rings is 1. The standard InChI is InChI=1S/C12H21ClN2S/c1-9(2)6-14-7-10(3)15-8-11-4-5-12(13)16-11/h4-5,9-10,14-15H,6-8H2,1-3H3. The lowest BCUT2D eigenvalue weighted by atomic mass is 10.2. The Morgan fingerprint density at radius 1 is 1.25 bits per heavy atom. The SMILES string of the molecule is CC(C)CNCC(C)NCc1ccc(Cl)s1. The molecule has 1 aromatic rings. The smallest absolute Gasteiger partial charge is 0.0931 e. The first-order chi connectivity index (χ1) is 7.58. The molecule has 0 amide bonds. The molecule has 0 saturated carbocycles. The van der Waals surface area contributed by atoms with Gasteiger partial charge in [0.25, 0.3) is 0 Å². The molecule has 0 aromatic carbocycles. The zero-order chi connectivity index (χ0) is 12.0. The number of nitrogens with one attached hydrogen (secondary N) is 2. The highest BCUT2D eigenvalue weighted by Gasteiger charge is 2.03. The van der Waals surface area contributed by atoms with Crippen molar-refractivity contribution in [2.75, 3.05) is 13.1 Å². The fraction of sp³-hybridized carbons (Fsp3) is 0.667. The molecular weight excluding hydrogens is 240 g/mol. The van der Waals surface area contributed by atoms with Crippen molar-refractivity contribution in [3.63, 3.8) is 0 Å². The first kappa shape index (κ1) is 14.0. The third-order valence-corrected chi connectivity index (χ3v) is 3.49. The highest BCUT2D eigenvalue weighted by molar-refractivity contribution is 7.16. The third kappa shape index (κ3) is 5.85. The van der Waals surface area contributed by atoms with Crippen LogP contribution in [0.1, 0.15) is 25.6 Å². The van der Waals surface area contributed by atoms with Crippen molar-refractivity contribution >= 4 is 22.9 Å². The van der Waals surface area contributed by atoms with Gasteiger partial charge in [0.15, 0.2) is 0 Å². The number of hydrogen-bond donors (Lipinski definition) is 2. The molecule has 0 aliphatic heterocycles. The maximum atomic E-state index is 5.87. The molecule has 0 saturated heterocycles. The summed E-state index contributed by atoms with van der Waals surface area (Å²) in [5, 5.41) is 6.92. The van der Waals surface area contributed by atoms with E-state index in [0.29, 0.717) is 12.0 Å². The van der Waals surface area contributed by atoms with Gasteiger partial charge in [-0.15, -0.1) is 11.3 Å². The first-order valence-electron chi connectivity index (χ1n) is 5.76. The molecule has 0 fully saturated rings. The molecule has 1 atom stereocenters. The Morgan fingerprint density at radius 3 is 2.56 bits per heavy atom. The maximum Gasteiger partial charge on any atom is 0.0931 e. The second kappa shape index (κ2) is 7.28. The van der Waals surface area contributed by atoms with Crippen LogP contribution in [0, 0.1) is 5.92 Å². The van der Waals surface area contributed by atoms with Gasteiger partial charge in [-0.25, -0.2) is 0 Å². The molecule has 2 nitrogen and oxygen atoms in total. The highest BCUT2D eigenvalue weighted by atomic mass is 35.5. The molecule has 0 aliphatic rings. The van der Waals surface area contributed by atoms with E-state index in [1.54, 1.807) is 11.3 Å². The second-order valence-corrected chi connectivity index (χ2v) is 6.34. The van der Waals surface area contributed by atoms with Gasteiger partial charge < -0.3 is 10.6 Å². The quantitative estimate of drug-likeness (QED) is 0.787. The largest absolute Gasteiger partial charge is 0.315 e. The van der Waals surface area contributed by atoms with Gasteiger partial charge in [0.05, 0.1) is 4.34 Å². The van der Waals surface area contributed by atoms with Gasteiger partial charge in [-0.3, -0.25) is 0 Å². The van der Waals surface area contributed by atoms with Gasteiger partial charge in [-0.05, 0) is 31.5 Å². The van der Waals surface area contributed by atoms with Gasteiger partial charge in [0, 0.05) is 24.0 Å². The van der Waals surface area contributed by atoms with E-state index < -0.39 is 0 Å². The van der Waals surface area contributed by atoms with Crippen molar-refractivity contribution in [3.05, 3.63) is 21.3 Å². The fourth-order valence-electron chi connectivity index (χ4n) is 1.38. The monoisotopic (exact) mass is 260 g/mol. The van der Waals surface area contributed by atoms with Crippen LogP contribution in [0.2, 0.25) is 4.34 Å². The molecule has 1 aromatic heterocycles. The molecule has 92 valence electrons. The number of halogens is 1. The van der Waals surface area contributed by atoms with E-state index in [1.165, 1.54) is 4.88 Å². The molecule has 0 radical (unpaired) electrons. The average Bonchev–Trinajstić information content (AvgIpc) is 2.61. The summed E-state index contributed by atoms with van der Waals surface area (Å²) in [6, 6.07) is 4.51. The van der Waals surface area contributed by atoms with E-state index in [9.17, 15) is 0 Å². The Morgan fingerprint density at radius 2 is 2.00 bits per heavy atom. The van der Waals surface area contributed by atoms with Gasteiger partial charge in [0.2, 0.25) is 0 Å². The van der Waals surface area contributed by atoms with Crippen molar-refractivity contribution < 1.29 is 0 Å². The van der Waals surface area contributed by atoms with Crippen LogP contribution in [0.15, 0.2) is 12.1 Å². The van der Waals surface area contributed by atoms with Gasteiger partial charge in [-0.2, -0.15) is 0 Å². The lowest BCUT2D eigenvalue weighted by molar-refractivity contribution is 0.473. The Kier molecular flexibility index (Phi) is 6.36. The second-order valence-electron chi connectivity index (χ2n) is 4.54. The summed E-state index contributed by atoms with van der Waals surface area (Å²) in [6.07, 6.45) is 0. The normalized spacial score (nSPS) is 13.3. The molecule has 1 heterocycles. The van der Waals surface area contributed by atoms with Gasteiger partial charge in [-0.1, -0.05) is 25.4 Å². The summed E-state index contributed by atoms with van der Waals surface area (Å²) in [6.45, 7) is 9.63.